The van der Waals surface area contributed by atoms with E-state index in [1.807, 2.05) is 0 Å². The summed E-state index contributed by atoms with van der Waals surface area (Å²) in [7, 11) is 1.75. The molecule has 1 atom stereocenters. The molecule has 0 aromatic carbocycles. The first-order chi connectivity index (χ1) is 7.26. The third-order valence-electron chi connectivity index (χ3n) is 3.33. The van der Waals surface area contributed by atoms with Gasteiger partial charge in [0.2, 0.25) is 0 Å². The number of aliphatic hydroxyl groups is 1. The van der Waals surface area contributed by atoms with E-state index in [4.69, 9.17) is 4.74 Å². The van der Waals surface area contributed by atoms with Gasteiger partial charge in [-0.2, -0.15) is 0 Å². The predicted octanol–water partition coefficient (Wildman–Crippen LogP) is 1.55. The molecular weight excluding hydrogens is 190 g/mol. The van der Waals surface area contributed by atoms with Crippen molar-refractivity contribution in [2.24, 2.45) is 5.41 Å². The van der Waals surface area contributed by atoms with Crippen molar-refractivity contribution in [2.75, 3.05) is 26.9 Å². The Hall–Kier alpha value is -0.120. The Labute approximate surface area is 93.2 Å². The summed E-state index contributed by atoms with van der Waals surface area (Å²) in [6.07, 6.45) is 5.99. The van der Waals surface area contributed by atoms with Crippen molar-refractivity contribution in [3.05, 3.63) is 0 Å². The molecular formula is C12H25NO2. The molecule has 0 aliphatic heterocycles. The van der Waals surface area contributed by atoms with Crippen LogP contribution >= 0.6 is 0 Å². The Bertz CT molecular complexity index is 169. The summed E-state index contributed by atoms with van der Waals surface area (Å²) >= 11 is 0. The summed E-state index contributed by atoms with van der Waals surface area (Å²) in [4.78, 5) is 0. The molecule has 0 aromatic rings. The van der Waals surface area contributed by atoms with E-state index >= 15 is 0 Å². The number of aliphatic hydroxyl groups excluding tert-OH is 1. The molecule has 1 rings (SSSR count). The molecule has 3 nitrogen and oxygen atoms in total. The fourth-order valence-electron chi connectivity index (χ4n) is 1.82. The lowest BCUT2D eigenvalue weighted by atomic mass is 10.1. The number of ether oxygens (including phenoxy) is 1. The summed E-state index contributed by atoms with van der Waals surface area (Å²) in [5.74, 6) is 0. The zero-order valence-corrected chi connectivity index (χ0v) is 10.1. The van der Waals surface area contributed by atoms with E-state index in [9.17, 15) is 5.11 Å². The Morgan fingerprint density at radius 2 is 2.20 bits per heavy atom. The predicted molar refractivity (Wildman–Crippen MR) is 61.9 cm³/mol. The largest absolute Gasteiger partial charge is 0.396 e. The van der Waals surface area contributed by atoms with Gasteiger partial charge >= 0.3 is 0 Å². The molecule has 1 unspecified atom stereocenters. The lowest BCUT2D eigenvalue weighted by Gasteiger charge is -2.21. The summed E-state index contributed by atoms with van der Waals surface area (Å²) in [6.45, 7) is 4.26. The second kappa shape index (κ2) is 6.46. The van der Waals surface area contributed by atoms with Crippen molar-refractivity contribution in [2.45, 2.75) is 45.1 Å². The van der Waals surface area contributed by atoms with E-state index in [1.165, 1.54) is 32.1 Å². The minimum Gasteiger partial charge on any atom is -0.396 e. The van der Waals surface area contributed by atoms with E-state index in [0.717, 1.165) is 13.2 Å². The molecule has 0 bridgehead atoms. The first kappa shape index (κ1) is 12.9. The topological polar surface area (TPSA) is 41.5 Å². The van der Waals surface area contributed by atoms with Crippen molar-refractivity contribution >= 4 is 0 Å². The summed E-state index contributed by atoms with van der Waals surface area (Å²) < 4.78 is 5.20. The molecule has 0 spiro atoms. The highest BCUT2D eigenvalue weighted by molar-refractivity contribution is 4.94. The Balaban J connectivity index is 2.18. The van der Waals surface area contributed by atoms with Gasteiger partial charge in [-0.1, -0.05) is 19.8 Å². The number of methoxy groups -OCH3 is 1. The molecule has 0 heterocycles. The standard InChI is InChI=1S/C12H25NO2/c1-3-4-5-11(8-15-2)13-9-12(10-14)6-7-12/h11,13-14H,3-10H2,1-2H3. The van der Waals surface area contributed by atoms with E-state index in [-0.39, 0.29) is 5.41 Å². The normalized spacial score (nSPS) is 20.2. The minimum absolute atomic E-state index is 0.207. The maximum Gasteiger partial charge on any atom is 0.0615 e. The van der Waals surface area contributed by atoms with Crippen LogP contribution in [0.3, 0.4) is 0 Å². The van der Waals surface area contributed by atoms with Crippen LogP contribution in [0.1, 0.15) is 39.0 Å². The molecule has 15 heavy (non-hydrogen) atoms. The van der Waals surface area contributed by atoms with Crippen LogP contribution in [0, 0.1) is 5.41 Å². The number of hydrogen-bond acceptors (Lipinski definition) is 3. The zero-order valence-electron chi connectivity index (χ0n) is 10.1. The van der Waals surface area contributed by atoms with Crippen LogP contribution in [-0.4, -0.2) is 38.0 Å². The third-order valence-corrected chi connectivity index (χ3v) is 3.33. The highest BCUT2D eigenvalue weighted by atomic mass is 16.5. The SMILES string of the molecule is CCCCC(COC)NCC1(CO)CC1. The summed E-state index contributed by atoms with van der Waals surface area (Å²) in [6, 6.07) is 0.457. The smallest absolute Gasteiger partial charge is 0.0615 e. The van der Waals surface area contributed by atoms with E-state index in [2.05, 4.69) is 12.2 Å². The van der Waals surface area contributed by atoms with Gasteiger partial charge in [0, 0.05) is 31.7 Å². The van der Waals surface area contributed by atoms with Crippen LogP contribution in [0.15, 0.2) is 0 Å². The van der Waals surface area contributed by atoms with Gasteiger partial charge in [0.15, 0.2) is 0 Å². The van der Waals surface area contributed by atoms with Gasteiger partial charge in [-0.3, -0.25) is 0 Å². The molecule has 1 saturated carbocycles. The average Bonchev–Trinajstić information content (AvgIpc) is 3.03. The van der Waals surface area contributed by atoms with Crippen LogP contribution in [0.2, 0.25) is 0 Å². The number of unbranched alkanes of at least 4 members (excludes halogenated alkanes) is 1. The van der Waals surface area contributed by atoms with Crippen LogP contribution in [0.4, 0.5) is 0 Å². The molecule has 1 fully saturated rings. The van der Waals surface area contributed by atoms with E-state index in [0.29, 0.717) is 12.6 Å². The monoisotopic (exact) mass is 215 g/mol. The molecule has 2 N–H and O–H groups in total. The van der Waals surface area contributed by atoms with Gasteiger partial charge in [-0.25, -0.2) is 0 Å². The Morgan fingerprint density at radius 1 is 1.47 bits per heavy atom. The van der Waals surface area contributed by atoms with Gasteiger partial charge in [0.1, 0.15) is 0 Å². The van der Waals surface area contributed by atoms with Crippen LogP contribution in [-0.2, 0) is 4.74 Å². The highest BCUT2D eigenvalue weighted by Gasteiger charge is 2.41. The lowest BCUT2D eigenvalue weighted by Crippen LogP contribution is -2.38. The van der Waals surface area contributed by atoms with Crippen molar-refractivity contribution in [3.8, 4) is 0 Å². The molecule has 0 aromatic heterocycles. The fourth-order valence-corrected chi connectivity index (χ4v) is 1.82. The van der Waals surface area contributed by atoms with Gasteiger partial charge in [-0.15, -0.1) is 0 Å². The van der Waals surface area contributed by atoms with E-state index in [1.54, 1.807) is 7.11 Å². The van der Waals surface area contributed by atoms with Crippen LogP contribution < -0.4 is 5.32 Å². The molecule has 1 aliphatic carbocycles. The van der Waals surface area contributed by atoms with Gasteiger partial charge in [0.25, 0.3) is 0 Å². The summed E-state index contributed by atoms with van der Waals surface area (Å²) in [5, 5.41) is 12.7. The quantitative estimate of drug-likeness (QED) is 0.613. The first-order valence-electron chi connectivity index (χ1n) is 6.09. The number of nitrogens with one attached hydrogen (secondary N) is 1. The summed E-state index contributed by atoms with van der Waals surface area (Å²) in [5.41, 5.74) is 0.207. The second-order valence-electron chi connectivity index (χ2n) is 4.83. The molecule has 1 aliphatic rings. The first-order valence-corrected chi connectivity index (χ1v) is 6.09. The molecule has 0 radical (unpaired) electrons. The van der Waals surface area contributed by atoms with Crippen molar-refractivity contribution in [1.29, 1.82) is 0 Å². The Morgan fingerprint density at radius 3 is 2.67 bits per heavy atom. The van der Waals surface area contributed by atoms with Crippen molar-refractivity contribution in [1.82, 2.24) is 5.32 Å². The molecule has 90 valence electrons. The maximum absolute atomic E-state index is 9.20. The van der Waals surface area contributed by atoms with Gasteiger partial charge in [0.05, 0.1) is 6.61 Å². The molecule has 0 saturated heterocycles. The van der Waals surface area contributed by atoms with Crippen LogP contribution in [0.25, 0.3) is 0 Å². The molecule has 3 heteroatoms. The number of hydrogen-bond donors (Lipinski definition) is 2. The minimum atomic E-state index is 0.207. The average molecular weight is 215 g/mol. The zero-order chi connectivity index (χ0) is 11.1. The maximum atomic E-state index is 9.20. The van der Waals surface area contributed by atoms with Crippen LogP contribution in [0.5, 0.6) is 0 Å². The second-order valence-corrected chi connectivity index (χ2v) is 4.83. The van der Waals surface area contributed by atoms with Crippen molar-refractivity contribution in [3.63, 3.8) is 0 Å². The van der Waals surface area contributed by atoms with E-state index < -0.39 is 0 Å². The van der Waals surface area contributed by atoms with Gasteiger partial charge < -0.3 is 15.2 Å². The lowest BCUT2D eigenvalue weighted by molar-refractivity contribution is 0.149. The molecule has 0 amide bonds. The fraction of sp³-hybridized carbons (Fsp3) is 1.00. The van der Waals surface area contributed by atoms with Gasteiger partial charge in [-0.05, 0) is 19.3 Å². The highest BCUT2D eigenvalue weighted by Crippen LogP contribution is 2.44. The number of rotatable bonds is 9. The van der Waals surface area contributed by atoms with Crippen molar-refractivity contribution < 1.29 is 9.84 Å². The Kier molecular flexibility index (Phi) is 5.58. The third kappa shape index (κ3) is 4.49.